The molecule has 5 rings (SSSR count). The van der Waals surface area contributed by atoms with Gasteiger partial charge in [0.1, 0.15) is 0 Å². The van der Waals surface area contributed by atoms with Gasteiger partial charge in [-0.3, -0.25) is 4.79 Å². The van der Waals surface area contributed by atoms with E-state index in [-0.39, 0.29) is 5.78 Å². The number of ketones is 1. The number of piperazine rings is 1. The zero-order chi connectivity index (χ0) is 20.8. The van der Waals surface area contributed by atoms with Gasteiger partial charge in [-0.15, -0.1) is 0 Å². The lowest BCUT2D eigenvalue weighted by Gasteiger charge is -2.38. The van der Waals surface area contributed by atoms with E-state index in [2.05, 4.69) is 52.3 Å². The predicted octanol–water partition coefficient (Wildman–Crippen LogP) is 3.28. The monoisotopic (exact) mass is 401 g/mol. The summed E-state index contributed by atoms with van der Waals surface area (Å²) < 4.78 is 1.75. The number of fused-ring (bicyclic) bond motifs is 2. The molecule has 1 aliphatic carbocycles. The second kappa shape index (κ2) is 7.36. The fourth-order valence-corrected chi connectivity index (χ4v) is 4.63. The molecule has 6 nitrogen and oxygen atoms in total. The van der Waals surface area contributed by atoms with Crippen molar-refractivity contribution in [3.63, 3.8) is 0 Å². The number of aromatic nitrogens is 3. The molecule has 0 bridgehead atoms. The molecule has 0 unspecified atom stereocenters. The first kappa shape index (κ1) is 19.0. The molecule has 1 aliphatic heterocycles. The second-order valence-electron chi connectivity index (χ2n) is 8.64. The standard InChI is InChI=1S/C24H27N5O/c1-15-4-9-24-26-22(14-29(24)27-15)21-11-19-5-7-20(10-18(19)6-8-23(21)30)28-12-16(2)25-17(3)13-28/h4-5,7,9-11,14,16-17,25H,6,8,12-13H2,1-3H3/t16-,17+. The van der Waals surface area contributed by atoms with Crippen molar-refractivity contribution in [2.45, 2.75) is 45.7 Å². The Balaban J connectivity index is 1.51. The second-order valence-corrected chi connectivity index (χ2v) is 8.64. The number of Topliss-reactive ketones (excluding diaryl/α,β-unsaturated/α-hetero) is 1. The maximum atomic E-state index is 12.9. The number of aryl methyl sites for hydroxylation is 2. The summed E-state index contributed by atoms with van der Waals surface area (Å²) in [5, 5.41) is 8.05. The Hall–Kier alpha value is -2.99. The highest BCUT2D eigenvalue weighted by Crippen LogP contribution is 2.30. The quantitative estimate of drug-likeness (QED) is 0.714. The molecule has 1 fully saturated rings. The average Bonchev–Trinajstić information content (AvgIpc) is 3.04. The maximum absolute atomic E-state index is 12.9. The number of hydrogen-bond acceptors (Lipinski definition) is 5. The number of carbonyl (C=O) groups excluding carboxylic acids is 1. The smallest absolute Gasteiger partial charge is 0.165 e. The molecule has 1 saturated heterocycles. The van der Waals surface area contributed by atoms with Crippen LogP contribution in [0.15, 0.2) is 36.5 Å². The lowest BCUT2D eigenvalue weighted by atomic mass is 10.0. The van der Waals surface area contributed by atoms with Crippen LogP contribution in [0.2, 0.25) is 0 Å². The fraction of sp³-hybridized carbons (Fsp3) is 0.375. The molecule has 1 N–H and O–H groups in total. The van der Waals surface area contributed by atoms with E-state index in [1.165, 1.54) is 11.3 Å². The lowest BCUT2D eigenvalue weighted by Crippen LogP contribution is -2.54. The van der Waals surface area contributed by atoms with E-state index in [0.29, 0.717) is 29.8 Å². The van der Waals surface area contributed by atoms with Crippen molar-refractivity contribution >= 4 is 28.8 Å². The minimum Gasteiger partial charge on any atom is -0.368 e. The minimum absolute atomic E-state index is 0.136. The number of carbonyl (C=O) groups is 1. The Labute approximate surface area is 176 Å². The third-order valence-electron chi connectivity index (χ3n) is 6.00. The van der Waals surface area contributed by atoms with Gasteiger partial charge in [0.15, 0.2) is 11.4 Å². The summed E-state index contributed by atoms with van der Waals surface area (Å²) in [6.07, 6.45) is 5.11. The van der Waals surface area contributed by atoms with Crippen LogP contribution in [-0.4, -0.2) is 45.6 Å². The van der Waals surface area contributed by atoms with Crippen LogP contribution >= 0.6 is 0 Å². The van der Waals surface area contributed by atoms with E-state index in [1.54, 1.807) is 4.52 Å². The summed E-state index contributed by atoms with van der Waals surface area (Å²) >= 11 is 0. The van der Waals surface area contributed by atoms with Crippen LogP contribution in [0.1, 0.15) is 42.8 Å². The Kier molecular flexibility index (Phi) is 4.66. The third kappa shape index (κ3) is 3.52. The van der Waals surface area contributed by atoms with Crippen LogP contribution < -0.4 is 10.2 Å². The fourth-order valence-electron chi connectivity index (χ4n) is 4.63. The number of benzene rings is 1. The molecule has 30 heavy (non-hydrogen) atoms. The van der Waals surface area contributed by atoms with Crippen molar-refractivity contribution in [3.8, 4) is 0 Å². The molecule has 6 heteroatoms. The molecular formula is C24H27N5O. The number of hydrogen-bond donors (Lipinski definition) is 1. The summed E-state index contributed by atoms with van der Waals surface area (Å²) in [5.41, 5.74) is 6.62. The minimum atomic E-state index is 0.136. The molecule has 0 spiro atoms. The first-order valence-corrected chi connectivity index (χ1v) is 10.7. The SMILES string of the molecule is Cc1ccc2nc(C3=Cc4ccc(N5C[C@@H](C)N[C@@H](C)C5)cc4CCC3=O)cn2n1. The van der Waals surface area contributed by atoms with Gasteiger partial charge in [-0.1, -0.05) is 6.07 Å². The van der Waals surface area contributed by atoms with Crippen LogP contribution in [0.5, 0.6) is 0 Å². The maximum Gasteiger partial charge on any atom is 0.165 e. The zero-order valence-corrected chi connectivity index (χ0v) is 17.7. The Morgan fingerprint density at radius 3 is 2.67 bits per heavy atom. The van der Waals surface area contributed by atoms with Crippen LogP contribution in [0, 0.1) is 6.92 Å². The van der Waals surface area contributed by atoms with Crippen LogP contribution in [0.3, 0.4) is 0 Å². The largest absolute Gasteiger partial charge is 0.368 e. The van der Waals surface area contributed by atoms with E-state index in [0.717, 1.165) is 36.4 Å². The summed E-state index contributed by atoms with van der Waals surface area (Å²) in [5.74, 6) is 0.136. The highest BCUT2D eigenvalue weighted by Gasteiger charge is 2.24. The van der Waals surface area contributed by atoms with Crippen molar-refractivity contribution < 1.29 is 4.79 Å². The third-order valence-corrected chi connectivity index (χ3v) is 6.00. The molecule has 0 amide bonds. The molecule has 2 aromatic heterocycles. The number of nitrogens with one attached hydrogen (secondary N) is 1. The van der Waals surface area contributed by atoms with Crippen LogP contribution in [0.4, 0.5) is 5.69 Å². The Morgan fingerprint density at radius 1 is 1.07 bits per heavy atom. The first-order valence-electron chi connectivity index (χ1n) is 10.7. The molecule has 3 heterocycles. The van der Waals surface area contributed by atoms with Gasteiger partial charge >= 0.3 is 0 Å². The van der Waals surface area contributed by atoms with E-state index >= 15 is 0 Å². The topological polar surface area (TPSA) is 62.5 Å². The first-order chi connectivity index (χ1) is 14.5. The van der Waals surface area contributed by atoms with Crippen molar-refractivity contribution in [2.24, 2.45) is 0 Å². The molecule has 0 radical (unpaired) electrons. The summed E-state index contributed by atoms with van der Waals surface area (Å²) in [7, 11) is 0. The molecule has 0 saturated carbocycles. The van der Waals surface area contributed by atoms with Gasteiger partial charge in [0.2, 0.25) is 0 Å². The zero-order valence-electron chi connectivity index (χ0n) is 17.7. The van der Waals surface area contributed by atoms with Crippen molar-refractivity contribution in [2.75, 3.05) is 18.0 Å². The number of rotatable bonds is 2. The average molecular weight is 402 g/mol. The van der Waals surface area contributed by atoms with Gasteiger partial charge in [-0.2, -0.15) is 5.10 Å². The van der Waals surface area contributed by atoms with Gasteiger partial charge in [0.25, 0.3) is 0 Å². The summed E-state index contributed by atoms with van der Waals surface area (Å²) in [6.45, 7) is 8.40. The van der Waals surface area contributed by atoms with E-state index < -0.39 is 0 Å². The number of imidazole rings is 1. The summed E-state index contributed by atoms with van der Waals surface area (Å²) in [6, 6.07) is 11.4. The van der Waals surface area contributed by atoms with Gasteiger partial charge < -0.3 is 10.2 Å². The number of nitrogens with zero attached hydrogens (tertiary/aromatic N) is 4. The number of allylic oxidation sites excluding steroid dienone is 1. The van der Waals surface area contributed by atoms with Gasteiger partial charge in [-0.05, 0) is 68.7 Å². The van der Waals surface area contributed by atoms with E-state index in [9.17, 15) is 4.79 Å². The predicted molar refractivity (Wildman–Crippen MR) is 120 cm³/mol. The van der Waals surface area contributed by atoms with Crippen molar-refractivity contribution in [1.29, 1.82) is 0 Å². The van der Waals surface area contributed by atoms with Crippen molar-refractivity contribution in [3.05, 3.63) is 59.0 Å². The molecule has 1 aromatic carbocycles. The van der Waals surface area contributed by atoms with E-state index in [1.807, 2.05) is 31.3 Å². The van der Waals surface area contributed by atoms with Crippen LogP contribution in [-0.2, 0) is 11.2 Å². The molecule has 2 aliphatic rings. The Morgan fingerprint density at radius 2 is 1.87 bits per heavy atom. The number of anilines is 1. The van der Waals surface area contributed by atoms with Gasteiger partial charge in [0, 0.05) is 42.9 Å². The van der Waals surface area contributed by atoms with E-state index in [4.69, 9.17) is 0 Å². The van der Waals surface area contributed by atoms with Crippen LogP contribution in [0.25, 0.3) is 17.3 Å². The highest BCUT2D eigenvalue weighted by molar-refractivity contribution is 6.25. The van der Waals surface area contributed by atoms with Gasteiger partial charge in [-0.25, -0.2) is 9.50 Å². The van der Waals surface area contributed by atoms with Crippen molar-refractivity contribution in [1.82, 2.24) is 19.9 Å². The molecular weight excluding hydrogens is 374 g/mol. The van der Waals surface area contributed by atoms with Gasteiger partial charge in [0.05, 0.1) is 17.6 Å². The normalized spacial score (nSPS) is 22.0. The summed E-state index contributed by atoms with van der Waals surface area (Å²) in [4.78, 5) is 20.0. The molecule has 154 valence electrons. The Bertz CT molecular complexity index is 1150. The molecule has 2 atom stereocenters. The molecule has 3 aromatic rings. The highest BCUT2D eigenvalue weighted by atomic mass is 16.1. The lowest BCUT2D eigenvalue weighted by molar-refractivity contribution is -0.113.